The van der Waals surface area contributed by atoms with Crippen LogP contribution in [0.15, 0.2) is 12.2 Å². The maximum atomic E-state index is 12.2. The molecule has 0 N–H and O–H groups in total. The van der Waals surface area contributed by atoms with Crippen LogP contribution in [0.1, 0.15) is 26.7 Å². The summed E-state index contributed by atoms with van der Waals surface area (Å²) in [5.41, 5.74) is 0.990. The van der Waals surface area contributed by atoms with Gasteiger partial charge in [0.05, 0.1) is 19.6 Å². The monoisotopic (exact) mass is 282 g/mol. The van der Waals surface area contributed by atoms with Gasteiger partial charge in [-0.1, -0.05) is 12.2 Å². The van der Waals surface area contributed by atoms with Gasteiger partial charge in [0.25, 0.3) is 0 Å². The van der Waals surface area contributed by atoms with E-state index in [-0.39, 0.29) is 17.8 Å². The highest BCUT2D eigenvalue weighted by molar-refractivity contribution is 5.78. The molecule has 0 aromatic rings. The van der Waals surface area contributed by atoms with Gasteiger partial charge >= 0.3 is 5.97 Å². The molecule has 1 amide bonds. The molecule has 1 saturated heterocycles. The van der Waals surface area contributed by atoms with E-state index in [2.05, 4.69) is 11.5 Å². The SMILES string of the molecule is C=C(C)CN(CC)C(=O)CN1CCC(C(=O)OC)CC1. The first-order valence-electron chi connectivity index (χ1n) is 7.20. The summed E-state index contributed by atoms with van der Waals surface area (Å²) in [7, 11) is 1.43. The minimum atomic E-state index is -0.131. The van der Waals surface area contributed by atoms with E-state index in [1.165, 1.54) is 7.11 Å². The van der Waals surface area contributed by atoms with Crippen LogP contribution in [0.3, 0.4) is 0 Å². The second-order valence-electron chi connectivity index (χ2n) is 5.44. The molecule has 20 heavy (non-hydrogen) atoms. The predicted octanol–water partition coefficient (Wildman–Crippen LogP) is 1.30. The Balaban J connectivity index is 2.40. The molecule has 1 aliphatic heterocycles. The Morgan fingerprint density at radius 3 is 2.40 bits per heavy atom. The summed E-state index contributed by atoms with van der Waals surface area (Å²) in [4.78, 5) is 27.6. The summed E-state index contributed by atoms with van der Waals surface area (Å²) in [6.45, 7) is 11.0. The molecule has 0 bridgehead atoms. The summed E-state index contributed by atoms with van der Waals surface area (Å²) in [6, 6.07) is 0. The summed E-state index contributed by atoms with van der Waals surface area (Å²) >= 11 is 0. The van der Waals surface area contributed by atoms with E-state index < -0.39 is 0 Å². The number of likely N-dealkylation sites (N-methyl/N-ethyl adjacent to an activating group) is 1. The third kappa shape index (κ3) is 4.96. The van der Waals surface area contributed by atoms with Crippen molar-refractivity contribution in [3.8, 4) is 0 Å². The third-order valence-corrected chi connectivity index (χ3v) is 3.68. The standard InChI is InChI=1S/C15H26N2O3/c1-5-17(10-12(2)3)14(18)11-16-8-6-13(7-9-16)15(19)20-4/h13H,2,5-11H2,1,3-4H3. The van der Waals surface area contributed by atoms with Crippen LogP contribution in [0.25, 0.3) is 0 Å². The number of rotatable bonds is 6. The van der Waals surface area contributed by atoms with Gasteiger partial charge in [-0.3, -0.25) is 14.5 Å². The van der Waals surface area contributed by atoms with Gasteiger partial charge in [-0.25, -0.2) is 0 Å². The molecule has 0 spiro atoms. The highest BCUT2D eigenvalue weighted by atomic mass is 16.5. The number of esters is 1. The number of piperidine rings is 1. The highest BCUT2D eigenvalue weighted by Gasteiger charge is 2.27. The number of amides is 1. The van der Waals surface area contributed by atoms with E-state index in [1.54, 1.807) is 0 Å². The average Bonchev–Trinajstić information content (AvgIpc) is 2.44. The molecule has 1 fully saturated rings. The number of likely N-dealkylation sites (tertiary alicyclic amines) is 1. The molecule has 0 aliphatic carbocycles. The number of hydrogen-bond donors (Lipinski definition) is 0. The van der Waals surface area contributed by atoms with Crippen LogP contribution >= 0.6 is 0 Å². The van der Waals surface area contributed by atoms with Gasteiger partial charge in [-0.05, 0) is 39.8 Å². The van der Waals surface area contributed by atoms with Crippen molar-refractivity contribution in [3.63, 3.8) is 0 Å². The molecule has 0 atom stereocenters. The lowest BCUT2D eigenvalue weighted by molar-refractivity contribution is -0.147. The van der Waals surface area contributed by atoms with Crippen LogP contribution in [0.4, 0.5) is 0 Å². The fourth-order valence-corrected chi connectivity index (χ4v) is 2.49. The third-order valence-electron chi connectivity index (χ3n) is 3.68. The van der Waals surface area contributed by atoms with Crippen molar-refractivity contribution in [1.29, 1.82) is 0 Å². The van der Waals surface area contributed by atoms with Crippen molar-refractivity contribution in [3.05, 3.63) is 12.2 Å². The smallest absolute Gasteiger partial charge is 0.308 e. The first-order valence-corrected chi connectivity index (χ1v) is 7.20. The number of nitrogens with zero attached hydrogens (tertiary/aromatic N) is 2. The fraction of sp³-hybridized carbons (Fsp3) is 0.733. The van der Waals surface area contributed by atoms with Gasteiger partial charge in [0.1, 0.15) is 0 Å². The normalized spacial score (nSPS) is 16.8. The minimum Gasteiger partial charge on any atom is -0.469 e. The van der Waals surface area contributed by atoms with Crippen molar-refractivity contribution in [2.24, 2.45) is 5.92 Å². The zero-order chi connectivity index (χ0) is 15.1. The molecule has 0 unspecified atom stereocenters. The van der Waals surface area contributed by atoms with Crippen molar-refractivity contribution < 1.29 is 14.3 Å². The van der Waals surface area contributed by atoms with Crippen LogP contribution in [0, 0.1) is 5.92 Å². The van der Waals surface area contributed by atoms with Crippen molar-refractivity contribution in [2.45, 2.75) is 26.7 Å². The zero-order valence-corrected chi connectivity index (χ0v) is 12.9. The van der Waals surface area contributed by atoms with Gasteiger partial charge in [-0.15, -0.1) is 0 Å². The molecular formula is C15H26N2O3. The Hall–Kier alpha value is -1.36. The Labute approximate surface area is 121 Å². The molecule has 0 radical (unpaired) electrons. The van der Waals surface area contributed by atoms with E-state index in [0.29, 0.717) is 19.6 Å². The first kappa shape index (κ1) is 16.7. The van der Waals surface area contributed by atoms with Gasteiger partial charge in [-0.2, -0.15) is 0 Å². The van der Waals surface area contributed by atoms with Gasteiger partial charge in [0, 0.05) is 13.1 Å². The lowest BCUT2D eigenvalue weighted by atomic mass is 9.97. The second-order valence-corrected chi connectivity index (χ2v) is 5.44. The molecule has 1 aliphatic rings. The maximum absolute atomic E-state index is 12.2. The minimum absolute atomic E-state index is 0.0101. The molecular weight excluding hydrogens is 256 g/mol. The molecule has 0 aromatic carbocycles. The van der Waals surface area contributed by atoms with E-state index >= 15 is 0 Å². The first-order chi connectivity index (χ1) is 9.47. The number of ether oxygens (including phenoxy) is 1. The fourth-order valence-electron chi connectivity index (χ4n) is 2.49. The lowest BCUT2D eigenvalue weighted by Crippen LogP contribution is -2.44. The number of methoxy groups -OCH3 is 1. The van der Waals surface area contributed by atoms with Gasteiger partial charge in [0.2, 0.25) is 5.91 Å². The Morgan fingerprint density at radius 1 is 1.35 bits per heavy atom. The molecule has 114 valence electrons. The summed E-state index contributed by atoms with van der Waals surface area (Å²) in [5, 5.41) is 0. The van der Waals surface area contributed by atoms with Crippen molar-refractivity contribution in [1.82, 2.24) is 9.80 Å². The molecule has 0 saturated carbocycles. The molecule has 1 heterocycles. The summed E-state index contributed by atoms with van der Waals surface area (Å²) < 4.78 is 4.76. The van der Waals surface area contributed by atoms with Gasteiger partial charge < -0.3 is 9.64 Å². The van der Waals surface area contributed by atoms with Crippen molar-refractivity contribution in [2.75, 3.05) is 39.8 Å². The van der Waals surface area contributed by atoms with Crippen LogP contribution in [0.2, 0.25) is 0 Å². The Bertz CT molecular complexity index is 360. The van der Waals surface area contributed by atoms with Crippen LogP contribution in [0.5, 0.6) is 0 Å². The lowest BCUT2D eigenvalue weighted by Gasteiger charge is -2.32. The van der Waals surface area contributed by atoms with Crippen LogP contribution in [-0.4, -0.2) is 61.5 Å². The Kier molecular flexibility index (Phi) is 6.71. The van der Waals surface area contributed by atoms with Crippen molar-refractivity contribution >= 4 is 11.9 Å². The van der Waals surface area contributed by atoms with Gasteiger partial charge in [0.15, 0.2) is 0 Å². The average molecular weight is 282 g/mol. The zero-order valence-electron chi connectivity index (χ0n) is 12.9. The second kappa shape index (κ2) is 8.04. The van der Waals surface area contributed by atoms with E-state index in [1.807, 2.05) is 18.7 Å². The summed E-state index contributed by atoms with van der Waals surface area (Å²) in [6.07, 6.45) is 1.54. The van der Waals surface area contributed by atoms with Crippen LogP contribution < -0.4 is 0 Å². The largest absolute Gasteiger partial charge is 0.469 e. The highest BCUT2D eigenvalue weighted by Crippen LogP contribution is 2.18. The topological polar surface area (TPSA) is 49.9 Å². The molecule has 1 rings (SSSR count). The van der Waals surface area contributed by atoms with E-state index in [9.17, 15) is 9.59 Å². The quantitative estimate of drug-likeness (QED) is 0.544. The number of hydrogen-bond acceptors (Lipinski definition) is 4. The number of carbonyl (C=O) groups excluding carboxylic acids is 2. The maximum Gasteiger partial charge on any atom is 0.308 e. The predicted molar refractivity (Wildman–Crippen MR) is 78.2 cm³/mol. The number of carbonyl (C=O) groups is 2. The van der Waals surface area contributed by atoms with E-state index in [0.717, 1.165) is 31.5 Å². The molecule has 5 nitrogen and oxygen atoms in total. The summed E-state index contributed by atoms with van der Waals surface area (Å²) in [5.74, 6) is -0.00971. The van der Waals surface area contributed by atoms with E-state index in [4.69, 9.17) is 4.74 Å². The Morgan fingerprint density at radius 2 is 1.95 bits per heavy atom. The molecule has 0 aromatic heterocycles. The molecule has 5 heteroatoms. The van der Waals surface area contributed by atoms with Crippen LogP contribution in [-0.2, 0) is 14.3 Å².